The smallest absolute Gasteiger partial charge is 0.329 e. The molecule has 1 heterocycles. The summed E-state index contributed by atoms with van der Waals surface area (Å²) >= 11 is 0. The van der Waals surface area contributed by atoms with Gasteiger partial charge in [-0.15, -0.1) is 0 Å². The maximum atomic E-state index is 12.9. The minimum Gasteiger partial charge on any atom is -0.464 e. The van der Waals surface area contributed by atoms with Crippen LogP contribution in [0.15, 0.2) is 24.5 Å². The van der Waals surface area contributed by atoms with E-state index in [2.05, 4.69) is 26.9 Å². The molecule has 1 aromatic carbocycles. The summed E-state index contributed by atoms with van der Waals surface area (Å²) in [5.74, 6) is -0.456. The SMILES string of the molecule is CCOC(=O)C(Cc1ccnnc1)NC(=O)Nc1c2c(cc3c1CCC3)CCC2. The summed E-state index contributed by atoms with van der Waals surface area (Å²) in [6.45, 7) is 2.01. The van der Waals surface area contributed by atoms with Crippen LogP contribution in [0.25, 0.3) is 0 Å². The number of nitrogens with zero attached hydrogens (tertiary/aromatic N) is 2. The van der Waals surface area contributed by atoms with E-state index in [1.165, 1.54) is 22.3 Å². The van der Waals surface area contributed by atoms with E-state index < -0.39 is 12.0 Å². The summed E-state index contributed by atoms with van der Waals surface area (Å²) in [4.78, 5) is 25.3. The Morgan fingerprint density at radius 2 is 1.83 bits per heavy atom. The van der Waals surface area contributed by atoms with E-state index in [1.54, 1.807) is 25.4 Å². The van der Waals surface area contributed by atoms with Crippen LogP contribution in [-0.2, 0) is 41.6 Å². The van der Waals surface area contributed by atoms with Gasteiger partial charge in [0.05, 0.1) is 12.8 Å². The monoisotopic (exact) mass is 394 g/mol. The Labute approximate surface area is 170 Å². The van der Waals surface area contributed by atoms with Crippen molar-refractivity contribution in [3.8, 4) is 0 Å². The third-order valence-electron chi connectivity index (χ3n) is 5.67. The zero-order valence-corrected chi connectivity index (χ0v) is 16.7. The molecule has 0 fully saturated rings. The number of hydrogen-bond donors (Lipinski definition) is 2. The molecule has 4 rings (SSSR count). The Bertz CT molecular complexity index is 882. The number of hydrogen-bond acceptors (Lipinski definition) is 5. The van der Waals surface area contributed by atoms with Crippen LogP contribution in [0.5, 0.6) is 0 Å². The van der Waals surface area contributed by atoms with Crippen LogP contribution in [0.2, 0.25) is 0 Å². The molecule has 0 saturated heterocycles. The summed E-state index contributed by atoms with van der Waals surface area (Å²) in [5.41, 5.74) is 6.98. The highest BCUT2D eigenvalue weighted by atomic mass is 16.5. The quantitative estimate of drug-likeness (QED) is 0.735. The van der Waals surface area contributed by atoms with Gasteiger partial charge in [0.15, 0.2) is 0 Å². The van der Waals surface area contributed by atoms with Crippen LogP contribution < -0.4 is 10.6 Å². The molecule has 1 unspecified atom stereocenters. The summed E-state index contributed by atoms with van der Waals surface area (Å²) < 4.78 is 5.16. The first-order valence-corrected chi connectivity index (χ1v) is 10.3. The van der Waals surface area contributed by atoms with Gasteiger partial charge in [-0.1, -0.05) is 6.07 Å². The molecule has 0 radical (unpaired) electrons. The summed E-state index contributed by atoms with van der Waals surface area (Å²) in [7, 11) is 0. The minimum atomic E-state index is -0.788. The highest BCUT2D eigenvalue weighted by Gasteiger charge is 2.27. The number of anilines is 1. The molecule has 152 valence electrons. The van der Waals surface area contributed by atoms with Crippen LogP contribution in [0.3, 0.4) is 0 Å². The third kappa shape index (κ3) is 4.23. The fourth-order valence-electron chi connectivity index (χ4n) is 4.39. The van der Waals surface area contributed by atoms with Crippen molar-refractivity contribution in [1.29, 1.82) is 0 Å². The number of rotatable bonds is 6. The number of benzene rings is 1. The summed E-state index contributed by atoms with van der Waals surface area (Å²) in [6, 6.07) is 2.94. The molecule has 7 nitrogen and oxygen atoms in total. The first-order chi connectivity index (χ1) is 14.2. The fourth-order valence-corrected chi connectivity index (χ4v) is 4.39. The number of nitrogens with one attached hydrogen (secondary N) is 2. The Morgan fingerprint density at radius 3 is 2.45 bits per heavy atom. The number of carbonyl (C=O) groups excluding carboxylic acids is 2. The number of aromatic nitrogens is 2. The lowest BCUT2D eigenvalue weighted by Crippen LogP contribution is -2.45. The van der Waals surface area contributed by atoms with Crippen LogP contribution in [-0.4, -0.2) is 34.8 Å². The van der Waals surface area contributed by atoms with Crippen LogP contribution in [0, 0.1) is 0 Å². The average Bonchev–Trinajstić information content (AvgIpc) is 3.37. The maximum Gasteiger partial charge on any atom is 0.329 e. The number of urea groups is 1. The normalized spacial score (nSPS) is 15.3. The van der Waals surface area contributed by atoms with Crippen molar-refractivity contribution >= 4 is 17.7 Å². The predicted octanol–water partition coefficient (Wildman–Crippen LogP) is 2.75. The number of esters is 1. The van der Waals surface area contributed by atoms with E-state index in [4.69, 9.17) is 4.74 Å². The fraction of sp³-hybridized carbons (Fsp3) is 0.455. The van der Waals surface area contributed by atoms with Crippen molar-refractivity contribution in [2.24, 2.45) is 0 Å². The molecule has 0 aliphatic heterocycles. The van der Waals surface area contributed by atoms with E-state index in [0.717, 1.165) is 49.8 Å². The predicted molar refractivity (Wildman–Crippen MR) is 109 cm³/mol. The Morgan fingerprint density at radius 1 is 1.10 bits per heavy atom. The summed E-state index contributed by atoms with van der Waals surface area (Å²) in [6.07, 6.45) is 9.80. The third-order valence-corrected chi connectivity index (χ3v) is 5.67. The van der Waals surface area contributed by atoms with E-state index in [1.807, 2.05) is 0 Å². The van der Waals surface area contributed by atoms with E-state index in [-0.39, 0.29) is 12.6 Å². The molecule has 2 amide bonds. The molecule has 2 aliphatic carbocycles. The average molecular weight is 394 g/mol. The van der Waals surface area contributed by atoms with Crippen molar-refractivity contribution in [1.82, 2.24) is 15.5 Å². The molecule has 1 aromatic heterocycles. The molecule has 0 spiro atoms. The number of ether oxygens (including phenoxy) is 1. The Kier molecular flexibility index (Phi) is 5.74. The van der Waals surface area contributed by atoms with Crippen LogP contribution in [0.1, 0.15) is 47.6 Å². The molecule has 0 bridgehead atoms. The van der Waals surface area contributed by atoms with Gasteiger partial charge in [0.25, 0.3) is 0 Å². The van der Waals surface area contributed by atoms with Gasteiger partial charge in [0, 0.05) is 18.3 Å². The number of carbonyl (C=O) groups is 2. The first kappa shape index (κ1) is 19.4. The second kappa shape index (κ2) is 8.59. The maximum absolute atomic E-state index is 12.9. The van der Waals surface area contributed by atoms with Crippen molar-refractivity contribution in [3.05, 3.63) is 52.3 Å². The zero-order chi connectivity index (χ0) is 20.2. The molecule has 7 heteroatoms. The molecule has 1 atom stereocenters. The number of fused-ring (bicyclic) bond motifs is 2. The lowest BCUT2D eigenvalue weighted by molar-refractivity contribution is -0.145. The summed E-state index contributed by atoms with van der Waals surface area (Å²) in [5, 5.41) is 13.5. The number of aryl methyl sites for hydroxylation is 2. The van der Waals surface area contributed by atoms with Gasteiger partial charge >= 0.3 is 12.0 Å². The van der Waals surface area contributed by atoms with Gasteiger partial charge in [-0.3, -0.25) is 0 Å². The largest absolute Gasteiger partial charge is 0.464 e. The van der Waals surface area contributed by atoms with Crippen molar-refractivity contribution in [2.45, 2.75) is 57.9 Å². The first-order valence-electron chi connectivity index (χ1n) is 10.3. The highest BCUT2D eigenvalue weighted by molar-refractivity contribution is 5.94. The van der Waals surface area contributed by atoms with Gasteiger partial charge in [-0.25, -0.2) is 9.59 Å². The van der Waals surface area contributed by atoms with Gasteiger partial charge in [-0.2, -0.15) is 10.2 Å². The molecule has 2 aliphatic rings. The molecule has 29 heavy (non-hydrogen) atoms. The van der Waals surface area contributed by atoms with E-state index in [0.29, 0.717) is 6.42 Å². The lowest BCUT2D eigenvalue weighted by atomic mass is 9.99. The van der Waals surface area contributed by atoms with Crippen molar-refractivity contribution < 1.29 is 14.3 Å². The van der Waals surface area contributed by atoms with E-state index in [9.17, 15) is 9.59 Å². The van der Waals surface area contributed by atoms with Gasteiger partial charge in [-0.05, 0) is 79.3 Å². The van der Waals surface area contributed by atoms with Crippen molar-refractivity contribution in [2.75, 3.05) is 11.9 Å². The van der Waals surface area contributed by atoms with Crippen LogP contribution >= 0.6 is 0 Å². The second-order valence-electron chi connectivity index (χ2n) is 7.59. The second-order valence-corrected chi connectivity index (χ2v) is 7.59. The highest BCUT2D eigenvalue weighted by Crippen LogP contribution is 2.38. The van der Waals surface area contributed by atoms with E-state index >= 15 is 0 Å². The lowest BCUT2D eigenvalue weighted by Gasteiger charge is -2.20. The zero-order valence-electron chi connectivity index (χ0n) is 16.7. The molecule has 0 saturated carbocycles. The van der Waals surface area contributed by atoms with Crippen molar-refractivity contribution in [3.63, 3.8) is 0 Å². The molecular formula is C22H26N4O3. The van der Waals surface area contributed by atoms with Gasteiger partial charge in [0.1, 0.15) is 6.04 Å². The number of amides is 2. The minimum absolute atomic E-state index is 0.257. The topological polar surface area (TPSA) is 93.2 Å². The standard InChI is InChI=1S/C22H26N4O3/c1-2-29-21(27)19(11-14-9-10-23-24-13-14)25-22(28)26-20-17-7-3-5-15(17)12-16-6-4-8-18(16)20/h9-10,12-13,19H,2-8,11H2,1H3,(H2,25,26,28). The molecular weight excluding hydrogens is 368 g/mol. The Hall–Kier alpha value is -2.96. The van der Waals surface area contributed by atoms with Crippen LogP contribution in [0.4, 0.5) is 10.5 Å². The Balaban J connectivity index is 1.52. The molecule has 2 N–H and O–H groups in total. The van der Waals surface area contributed by atoms with Gasteiger partial charge < -0.3 is 15.4 Å². The van der Waals surface area contributed by atoms with Gasteiger partial charge in [0.2, 0.25) is 0 Å². The molecule has 2 aromatic rings.